The average Bonchev–Trinajstić information content (AvgIpc) is 2.39. The van der Waals surface area contributed by atoms with Gasteiger partial charge in [0.05, 0.1) is 11.4 Å². The summed E-state index contributed by atoms with van der Waals surface area (Å²) in [6.07, 6.45) is 5.95. The monoisotopic (exact) mass is 279 g/mol. The van der Waals surface area contributed by atoms with Crippen molar-refractivity contribution < 1.29 is 4.79 Å². The third kappa shape index (κ3) is 2.97. The molecule has 0 spiro atoms. The Morgan fingerprint density at radius 1 is 1.47 bits per heavy atom. The highest BCUT2D eigenvalue weighted by molar-refractivity contribution is 8.00. The number of anilines is 2. The number of rotatable bonds is 5. The zero-order chi connectivity index (χ0) is 13.9. The van der Waals surface area contributed by atoms with Gasteiger partial charge in [0.15, 0.2) is 0 Å². The maximum absolute atomic E-state index is 11.6. The van der Waals surface area contributed by atoms with E-state index >= 15 is 0 Å². The van der Waals surface area contributed by atoms with E-state index in [-0.39, 0.29) is 5.91 Å². The fourth-order valence-electron chi connectivity index (χ4n) is 2.28. The van der Waals surface area contributed by atoms with Gasteiger partial charge in [-0.25, -0.2) is 0 Å². The first-order valence-electron chi connectivity index (χ1n) is 6.51. The highest BCUT2D eigenvalue weighted by Gasteiger charge is 2.35. The van der Waals surface area contributed by atoms with Crippen molar-refractivity contribution >= 4 is 29.0 Å². The Hall–Kier alpha value is -1.36. The van der Waals surface area contributed by atoms with Gasteiger partial charge in [0.25, 0.3) is 5.91 Å². The van der Waals surface area contributed by atoms with Crippen LogP contribution in [0.1, 0.15) is 29.6 Å². The molecule has 19 heavy (non-hydrogen) atoms. The molecule has 1 aliphatic carbocycles. The summed E-state index contributed by atoms with van der Waals surface area (Å²) >= 11 is 1.92. The molecule has 0 saturated heterocycles. The van der Waals surface area contributed by atoms with Crippen LogP contribution in [-0.4, -0.2) is 30.5 Å². The first-order valence-corrected chi connectivity index (χ1v) is 7.73. The zero-order valence-electron chi connectivity index (χ0n) is 11.5. The van der Waals surface area contributed by atoms with Crippen LogP contribution in [0, 0.1) is 0 Å². The Morgan fingerprint density at radius 2 is 2.21 bits per heavy atom. The summed E-state index contributed by atoms with van der Waals surface area (Å²) in [7, 11) is 1.63. The second-order valence-corrected chi connectivity index (χ2v) is 6.25. The van der Waals surface area contributed by atoms with E-state index in [1.807, 2.05) is 17.8 Å². The Morgan fingerprint density at radius 3 is 2.74 bits per heavy atom. The Kier molecular flexibility index (Phi) is 4.24. The second kappa shape index (κ2) is 5.74. The molecular weight excluding hydrogens is 258 g/mol. The van der Waals surface area contributed by atoms with Gasteiger partial charge in [-0.15, -0.1) is 0 Å². The van der Waals surface area contributed by atoms with E-state index in [2.05, 4.69) is 16.9 Å². The number of nitrogens with one attached hydrogen (secondary N) is 2. The van der Waals surface area contributed by atoms with Crippen molar-refractivity contribution in [2.45, 2.75) is 24.0 Å². The molecule has 1 amide bonds. The van der Waals surface area contributed by atoms with Gasteiger partial charge in [-0.05, 0) is 37.3 Å². The normalized spacial score (nSPS) is 16.5. The molecule has 0 radical (unpaired) electrons. The smallest absolute Gasteiger partial charge is 0.251 e. The number of hydrogen-bond acceptors (Lipinski definition) is 4. The lowest BCUT2D eigenvalue weighted by Crippen LogP contribution is -2.40. The van der Waals surface area contributed by atoms with Crippen LogP contribution in [0.2, 0.25) is 0 Å². The fourth-order valence-corrected chi connectivity index (χ4v) is 3.19. The minimum Gasteiger partial charge on any atom is -0.397 e. The molecule has 0 unspecified atom stereocenters. The van der Waals surface area contributed by atoms with Gasteiger partial charge in [0.2, 0.25) is 0 Å². The molecule has 1 aliphatic rings. The molecule has 1 aromatic carbocycles. The summed E-state index contributed by atoms with van der Waals surface area (Å²) < 4.78 is 0.343. The number of carbonyl (C=O) groups is 1. The highest BCUT2D eigenvalue weighted by Crippen LogP contribution is 2.43. The van der Waals surface area contributed by atoms with Crippen molar-refractivity contribution in [2.75, 3.05) is 30.9 Å². The minimum atomic E-state index is -0.0914. The Labute approximate surface area is 118 Å². The Bertz CT molecular complexity index is 466. The minimum absolute atomic E-state index is 0.0914. The lowest BCUT2D eigenvalue weighted by molar-refractivity contribution is 0.0963. The van der Waals surface area contributed by atoms with Crippen molar-refractivity contribution in [2.24, 2.45) is 0 Å². The highest BCUT2D eigenvalue weighted by atomic mass is 32.2. The van der Waals surface area contributed by atoms with Crippen LogP contribution in [0.25, 0.3) is 0 Å². The number of nitrogen functional groups attached to an aromatic ring is 1. The predicted molar refractivity (Wildman–Crippen MR) is 82.8 cm³/mol. The summed E-state index contributed by atoms with van der Waals surface area (Å²) in [5, 5.41) is 6.02. The van der Waals surface area contributed by atoms with Crippen LogP contribution in [-0.2, 0) is 0 Å². The van der Waals surface area contributed by atoms with Crippen molar-refractivity contribution in [1.82, 2.24) is 5.32 Å². The third-order valence-corrected chi connectivity index (χ3v) is 5.26. The van der Waals surface area contributed by atoms with Crippen LogP contribution < -0.4 is 16.4 Å². The van der Waals surface area contributed by atoms with Gasteiger partial charge in [0.1, 0.15) is 0 Å². The summed E-state index contributed by atoms with van der Waals surface area (Å²) in [6, 6.07) is 5.34. The van der Waals surface area contributed by atoms with Crippen LogP contribution in [0.3, 0.4) is 0 Å². The molecule has 5 heteroatoms. The summed E-state index contributed by atoms with van der Waals surface area (Å²) in [5.74, 6) is -0.0914. The van der Waals surface area contributed by atoms with E-state index in [0.29, 0.717) is 16.0 Å². The summed E-state index contributed by atoms with van der Waals surface area (Å²) in [4.78, 5) is 11.6. The van der Waals surface area contributed by atoms with Gasteiger partial charge in [-0.1, -0.05) is 6.42 Å². The molecule has 4 nitrogen and oxygen atoms in total. The average molecular weight is 279 g/mol. The van der Waals surface area contributed by atoms with Gasteiger partial charge in [-0.2, -0.15) is 11.8 Å². The van der Waals surface area contributed by atoms with Crippen LogP contribution >= 0.6 is 11.8 Å². The number of amides is 1. The zero-order valence-corrected chi connectivity index (χ0v) is 12.3. The second-order valence-electron chi connectivity index (χ2n) is 4.98. The third-order valence-electron chi connectivity index (χ3n) is 3.84. The molecule has 1 saturated carbocycles. The van der Waals surface area contributed by atoms with E-state index in [4.69, 9.17) is 5.73 Å². The number of thioether (sulfide) groups is 1. The molecule has 2 rings (SSSR count). The number of carbonyl (C=O) groups excluding carboxylic acids is 1. The van der Waals surface area contributed by atoms with Crippen molar-refractivity contribution in [3.05, 3.63) is 23.8 Å². The van der Waals surface area contributed by atoms with Crippen LogP contribution in [0.5, 0.6) is 0 Å². The van der Waals surface area contributed by atoms with Gasteiger partial charge in [-0.3, -0.25) is 4.79 Å². The van der Waals surface area contributed by atoms with E-state index in [1.165, 1.54) is 19.3 Å². The van der Waals surface area contributed by atoms with Crippen LogP contribution in [0.4, 0.5) is 11.4 Å². The fraction of sp³-hybridized carbons (Fsp3) is 0.500. The van der Waals surface area contributed by atoms with Crippen molar-refractivity contribution in [3.8, 4) is 0 Å². The van der Waals surface area contributed by atoms with E-state index in [0.717, 1.165) is 12.2 Å². The number of nitrogens with two attached hydrogens (primary N) is 1. The number of hydrogen-bond donors (Lipinski definition) is 3. The molecule has 0 aromatic heterocycles. The molecule has 4 N–H and O–H groups in total. The summed E-state index contributed by atoms with van der Waals surface area (Å²) in [6.45, 7) is 0.898. The maximum Gasteiger partial charge on any atom is 0.251 e. The largest absolute Gasteiger partial charge is 0.397 e. The SMILES string of the molecule is CNC(=O)c1ccc(N)c(NCC2(SC)CCC2)c1. The first-order chi connectivity index (χ1) is 9.10. The Balaban J connectivity index is 2.08. The van der Waals surface area contributed by atoms with E-state index in [9.17, 15) is 4.79 Å². The lowest BCUT2D eigenvalue weighted by atomic mass is 9.84. The quantitative estimate of drug-likeness (QED) is 0.724. The first kappa shape index (κ1) is 14.1. The maximum atomic E-state index is 11.6. The van der Waals surface area contributed by atoms with Crippen molar-refractivity contribution in [3.63, 3.8) is 0 Å². The van der Waals surface area contributed by atoms with Crippen LogP contribution in [0.15, 0.2) is 18.2 Å². The van der Waals surface area contributed by atoms with Gasteiger partial charge >= 0.3 is 0 Å². The van der Waals surface area contributed by atoms with Gasteiger partial charge < -0.3 is 16.4 Å². The predicted octanol–water partition coefficient (Wildman–Crippen LogP) is 2.33. The molecular formula is C14H21N3OS. The molecule has 0 aliphatic heterocycles. The summed E-state index contributed by atoms with van der Waals surface area (Å²) in [5.41, 5.74) is 8.12. The number of benzene rings is 1. The molecule has 0 bridgehead atoms. The molecule has 104 valence electrons. The molecule has 0 atom stereocenters. The molecule has 1 fully saturated rings. The van der Waals surface area contributed by atoms with E-state index in [1.54, 1.807) is 19.2 Å². The standard InChI is InChI=1S/C14H21N3OS/c1-16-13(18)10-4-5-11(15)12(8-10)17-9-14(19-2)6-3-7-14/h4-5,8,17H,3,6-7,9,15H2,1-2H3,(H,16,18). The molecule has 1 aromatic rings. The molecule has 0 heterocycles. The lowest BCUT2D eigenvalue weighted by Gasteiger charge is -2.40. The van der Waals surface area contributed by atoms with Gasteiger partial charge in [0, 0.05) is 23.9 Å². The van der Waals surface area contributed by atoms with Crippen molar-refractivity contribution in [1.29, 1.82) is 0 Å². The van der Waals surface area contributed by atoms with E-state index < -0.39 is 0 Å². The topological polar surface area (TPSA) is 67.2 Å².